The quantitative estimate of drug-likeness (QED) is 0.426. The minimum atomic E-state index is -0.403. The van der Waals surface area contributed by atoms with Crippen LogP contribution in [-0.4, -0.2) is 34.4 Å². The maximum Gasteiger partial charge on any atom is 0.308 e. The minimum absolute atomic E-state index is 0.372. The largest absolute Gasteiger partial charge is 0.496 e. The summed E-state index contributed by atoms with van der Waals surface area (Å²) in [5.41, 5.74) is 1.64. The lowest BCUT2D eigenvalue weighted by atomic mass is 10.1. The lowest BCUT2D eigenvalue weighted by Gasteiger charge is -2.12. The molecule has 6 heteroatoms. The highest BCUT2D eigenvalue weighted by atomic mass is 16.6. The van der Waals surface area contributed by atoms with Gasteiger partial charge in [0, 0.05) is 19.1 Å². The minimum Gasteiger partial charge on any atom is -0.496 e. The van der Waals surface area contributed by atoms with Gasteiger partial charge in [0.25, 0.3) is 0 Å². The van der Waals surface area contributed by atoms with E-state index >= 15 is 0 Å². The SMILES string of the molecule is COc1cc(OC)c(/C=C/c2ccc(OC(C)=O)c(OC)c2)c(OC)c1. The van der Waals surface area contributed by atoms with E-state index in [0.717, 1.165) is 11.1 Å². The predicted octanol–water partition coefficient (Wildman–Crippen LogP) is 3.82. The molecule has 0 saturated carbocycles. The zero-order chi connectivity index (χ0) is 19.1. The molecule has 0 aliphatic heterocycles. The van der Waals surface area contributed by atoms with Crippen molar-refractivity contribution in [2.75, 3.05) is 28.4 Å². The lowest BCUT2D eigenvalue weighted by Crippen LogP contribution is -2.03. The van der Waals surface area contributed by atoms with Crippen molar-refractivity contribution >= 4 is 18.1 Å². The van der Waals surface area contributed by atoms with Crippen LogP contribution in [0.1, 0.15) is 18.1 Å². The molecular weight excluding hydrogens is 336 g/mol. The molecule has 0 bridgehead atoms. The summed E-state index contributed by atoms with van der Waals surface area (Å²) in [6.45, 7) is 1.34. The van der Waals surface area contributed by atoms with Gasteiger partial charge in [-0.3, -0.25) is 4.79 Å². The number of carbonyl (C=O) groups is 1. The van der Waals surface area contributed by atoms with Crippen molar-refractivity contribution in [3.8, 4) is 28.7 Å². The van der Waals surface area contributed by atoms with Crippen LogP contribution in [-0.2, 0) is 4.79 Å². The normalized spacial score (nSPS) is 10.5. The average Bonchev–Trinajstić information content (AvgIpc) is 2.65. The maximum absolute atomic E-state index is 11.1. The Morgan fingerprint density at radius 2 is 1.38 bits per heavy atom. The molecule has 0 saturated heterocycles. The summed E-state index contributed by atoms with van der Waals surface area (Å²) < 4.78 is 26.5. The molecule has 0 N–H and O–H groups in total. The number of carbonyl (C=O) groups excluding carboxylic acids is 1. The summed E-state index contributed by atoms with van der Waals surface area (Å²) in [7, 11) is 6.27. The number of ether oxygens (including phenoxy) is 5. The van der Waals surface area contributed by atoms with Gasteiger partial charge in [0.05, 0.1) is 34.0 Å². The van der Waals surface area contributed by atoms with Crippen LogP contribution in [0.5, 0.6) is 28.7 Å². The Bertz CT molecular complexity index is 785. The van der Waals surface area contributed by atoms with Crippen molar-refractivity contribution in [3.05, 3.63) is 41.5 Å². The van der Waals surface area contributed by atoms with Gasteiger partial charge in [-0.15, -0.1) is 0 Å². The van der Waals surface area contributed by atoms with Gasteiger partial charge in [-0.05, 0) is 23.8 Å². The molecule has 0 unspecified atom stereocenters. The van der Waals surface area contributed by atoms with E-state index in [1.807, 2.05) is 18.2 Å². The van der Waals surface area contributed by atoms with E-state index in [-0.39, 0.29) is 0 Å². The van der Waals surface area contributed by atoms with E-state index in [1.54, 1.807) is 45.6 Å². The smallest absolute Gasteiger partial charge is 0.308 e. The summed E-state index contributed by atoms with van der Waals surface area (Å²) >= 11 is 0. The molecule has 0 radical (unpaired) electrons. The first kappa shape index (κ1) is 19.2. The standard InChI is InChI=1S/C20H22O6/c1-13(21)26-17-9-7-14(10-20(17)25-5)6-8-16-18(23-3)11-15(22-2)12-19(16)24-4/h6-12H,1-5H3/b8-6+. The third-order valence-corrected chi connectivity index (χ3v) is 3.64. The second kappa shape index (κ2) is 8.80. The first-order valence-corrected chi connectivity index (χ1v) is 7.87. The molecule has 0 spiro atoms. The zero-order valence-electron chi connectivity index (χ0n) is 15.5. The summed E-state index contributed by atoms with van der Waals surface area (Å²) in [6, 6.07) is 8.85. The Morgan fingerprint density at radius 1 is 0.769 bits per heavy atom. The van der Waals surface area contributed by atoms with Crippen molar-refractivity contribution in [1.29, 1.82) is 0 Å². The highest BCUT2D eigenvalue weighted by molar-refractivity contribution is 5.78. The van der Waals surface area contributed by atoms with Crippen LogP contribution in [0.4, 0.5) is 0 Å². The van der Waals surface area contributed by atoms with Gasteiger partial charge in [-0.1, -0.05) is 12.1 Å². The average molecular weight is 358 g/mol. The lowest BCUT2D eigenvalue weighted by molar-refractivity contribution is -0.132. The highest BCUT2D eigenvalue weighted by Crippen LogP contribution is 2.36. The van der Waals surface area contributed by atoms with Crippen LogP contribution in [0.15, 0.2) is 30.3 Å². The van der Waals surface area contributed by atoms with Crippen LogP contribution in [0.25, 0.3) is 12.2 Å². The van der Waals surface area contributed by atoms with Crippen LogP contribution in [0.3, 0.4) is 0 Å². The molecule has 0 heterocycles. The van der Waals surface area contributed by atoms with E-state index in [9.17, 15) is 4.79 Å². The Balaban J connectivity index is 2.39. The Labute approximate surface area is 152 Å². The maximum atomic E-state index is 11.1. The van der Waals surface area contributed by atoms with Crippen molar-refractivity contribution in [3.63, 3.8) is 0 Å². The number of benzene rings is 2. The first-order chi connectivity index (χ1) is 12.5. The summed E-state index contributed by atoms with van der Waals surface area (Å²) in [5.74, 6) is 2.33. The monoisotopic (exact) mass is 358 g/mol. The molecule has 6 nitrogen and oxygen atoms in total. The Kier molecular flexibility index (Phi) is 6.49. The summed E-state index contributed by atoms with van der Waals surface area (Å²) in [5, 5.41) is 0. The third kappa shape index (κ3) is 4.47. The second-order valence-electron chi connectivity index (χ2n) is 5.28. The molecule has 0 aliphatic rings. The number of methoxy groups -OCH3 is 4. The number of hydrogen-bond donors (Lipinski definition) is 0. The molecule has 0 atom stereocenters. The molecule has 0 amide bonds. The van der Waals surface area contributed by atoms with Gasteiger partial charge in [0.1, 0.15) is 17.2 Å². The highest BCUT2D eigenvalue weighted by Gasteiger charge is 2.11. The van der Waals surface area contributed by atoms with Gasteiger partial charge in [0.15, 0.2) is 11.5 Å². The van der Waals surface area contributed by atoms with Crippen molar-refractivity contribution in [2.45, 2.75) is 6.92 Å². The number of hydrogen-bond acceptors (Lipinski definition) is 6. The van der Waals surface area contributed by atoms with Gasteiger partial charge in [0.2, 0.25) is 0 Å². The molecule has 2 rings (SSSR count). The molecule has 2 aromatic carbocycles. The summed E-state index contributed by atoms with van der Waals surface area (Å²) in [6.07, 6.45) is 3.75. The predicted molar refractivity (Wildman–Crippen MR) is 99.3 cm³/mol. The van der Waals surface area contributed by atoms with E-state index in [0.29, 0.717) is 28.7 Å². The van der Waals surface area contributed by atoms with Gasteiger partial charge in [-0.2, -0.15) is 0 Å². The van der Waals surface area contributed by atoms with Gasteiger partial charge in [-0.25, -0.2) is 0 Å². The van der Waals surface area contributed by atoms with Crippen molar-refractivity contribution in [1.82, 2.24) is 0 Å². The molecular formula is C20H22O6. The number of esters is 1. The van der Waals surface area contributed by atoms with Crippen molar-refractivity contribution in [2.24, 2.45) is 0 Å². The molecule has 0 aromatic heterocycles. The van der Waals surface area contributed by atoms with E-state index in [2.05, 4.69) is 0 Å². The zero-order valence-corrected chi connectivity index (χ0v) is 15.5. The van der Waals surface area contributed by atoms with Crippen LogP contribution >= 0.6 is 0 Å². The topological polar surface area (TPSA) is 63.2 Å². The summed E-state index contributed by atoms with van der Waals surface area (Å²) in [4.78, 5) is 11.1. The fourth-order valence-corrected chi connectivity index (χ4v) is 2.40. The molecule has 138 valence electrons. The Morgan fingerprint density at radius 3 is 1.88 bits per heavy atom. The van der Waals surface area contributed by atoms with Crippen LogP contribution < -0.4 is 23.7 Å². The molecule has 0 aliphatic carbocycles. The van der Waals surface area contributed by atoms with Gasteiger partial charge < -0.3 is 23.7 Å². The molecule has 26 heavy (non-hydrogen) atoms. The van der Waals surface area contributed by atoms with Crippen molar-refractivity contribution < 1.29 is 28.5 Å². The fourth-order valence-electron chi connectivity index (χ4n) is 2.40. The molecule has 0 fully saturated rings. The van der Waals surface area contributed by atoms with Crippen LogP contribution in [0.2, 0.25) is 0 Å². The van der Waals surface area contributed by atoms with Crippen LogP contribution in [0, 0.1) is 0 Å². The van der Waals surface area contributed by atoms with E-state index in [1.165, 1.54) is 14.0 Å². The third-order valence-electron chi connectivity index (χ3n) is 3.64. The second-order valence-corrected chi connectivity index (χ2v) is 5.28. The fraction of sp³-hybridized carbons (Fsp3) is 0.250. The first-order valence-electron chi connectivity index (χ1n) is 7.87. The Hall–Kier alpha value is -3.15. The molecule has 2 aromatic rings. The van der Waals surface area contributed by atoms with E-state index in [4.69, 9.17) is 23.7 Å². The number of rotatable bonds is 7. The van der Waals surface area contributed by atoms with E-state index < -0.39 is 5.97 Å². The van der Waals surface area contributed by atoms with Gasteiger partial charge >= 0.3 is 5.97 Å².